The average molecular weight is 370 g/mol. The highest BCUT2D eigenvalue weighted by molar-refractivity contribution is 7.99. The molecule has 1 fully saturated rings. The van der Waals surface area contributed by atoms with Crippen molar-refractivity contribution in [3.8, 4) is 5.75 Å². The van der Waals surface area contributed by atoms with E-state index in [0.717, 1.165) is 36.6 Å². The standard InChI is InChI=1S/C22H27NO2S/c1-16(2)25-19-10-8-18(9-11-19)22(24)23-13-12-21(26-15-14-23)20-7-5-4-6-17(20)3/h4-11,16,21H,12-15H2,1-3H3. The molecule has 2 aromatic carbocycles. The molecule has 0 bridgehead atoms. The Morgan fingerprint density at radius 2 is 1.85 bits per heavy atom. The highest BCUT2D eigenvalue weighted by atomic mass is 32.2. The Hall–Kier alpha value is -1.94. The number of hydrogen-bond donors (Lipinski definition) is 0. The SMILES string of the molecule is Cc1ccccc1C1CCN(C(=O)c2ccc(OC(C)C)cc2)CCS1. The van der Waals surface area contributed by atoms with Crippen molar-refractivity contribution in [1.82, 2.24) is 4.90 Å². The van der Waals surface area contributed by atoms with Gasteiger partial charge in [-0.15, -0.1) is 0 Å². The van der Waals surface area contributed by atoms with Gasteiger partial charge in [0.15, 0.2) is 0 Å². The molecule has 0 aromatic heterocycles. The zero-order valence-electron chi connectivity index (χ0n) is 15.8. The summed E-state index contributed by atoms with van der Waals surface area (Å²) in [5, 5.41) is 0.468. The van der Waals surface area contributed by atoms with Crippen LogP contribution in [0.3, 0.4) is 0 Å². The van der Waals surface area contributed by atoms with Gasteiger partial charge in [0, 0.05) is 29.7 Å². The van der Waals surface area contributed by atoms with E-state index in [1.807, 2.05) is 54.8 Å². The van der Waals surface area contributed by atoms with Crippen molar-refractivity contribution in [2.45, 2.75) is 38.5 Å². The van der Waals surface area contributed by atoms with Crippen LogP contribution >= 0.6 is 11.8 Å². The first kappa shape index (κ1) is 18.8. The number of benzene rings is 2. The van der Waals surface area contributed by atoms with E-state index in [9.17, 15) is 4.79 Å². The summed E-state index contributed by atoms with van der Waals surface area (Å²) in [7, 11) is 0. The molecule has 3 rings (SSSR count). The van der Waals surface area contributed by atoms with Crippen molar-refractivity contribution in [2.24, 2.45) is 0 Å². The van der Waals surface area contributed by atoms with Crippen LogP contribution in [0.5, 0.6) is 5.75 Å². The number of aryl methyl sites for hydroxylation is 1. The fourth-order valence-corrected chi connectivity index (χ4v) is 4.63. The molecule has 26 heavy (non-hydrogen) atoms. The predicted molar refractivity (Wildman–Crippen MR) is 109 cm³/mol. The molecule has 1 aliphatic heterocycles. The van der Waals surface area contributed by atoms with E-state index in [2.05, 4.69) is 31.2 Å². The van der Waals surface area contributed by atoms with Crippen LogP contribution in [0, 0.1) is 6.92 Å². The van der Waals surface area contributed by atoms with Gasteiger partial charge >= 0.3 is 0 Å². The lowest BCUT2D eigenvalue weighted by Crippen LogP contribution is -2.32. The molecule has 2 aromatic rings. The van der Waals surface area contributed by atoms with Crippen LogP contribution in [-0.4, -0.2) is 35.8 Å². The van der Waals surface area contributed by atoms with Crippen LogP contribution in [0.2, 0.25) is 0 Å². The minimum atomic E-state index is 0.118. The molecule has 138 valence electrons. The lowest BCUT2D eigenvalue weighted by molar-refractivity contribution is 0.0766. The molecule has 0 spiro atoms. The fraction of sp³-hybridized carbons (Fsp3) is 0.409. The monoisotopic (exact) mass is 369 g/mol. The molecule has 3 nitrogen and oxygen atoms in total. The molecule has 1 heterocycles. The van der Waals surface area contributed by atoms with Crippen LogP contribution in [0.4, 0.5) is 0 Å². The van der Waals surface area contributed by atoms with Crippen LogP contribution in [0.25, 0.3) is 0 Å². The van der Waals surface area contributed by atoms with Gasteiger partial charge < -0.3 is 9.64 Å². The summed E-state index contributed by atoms with van der Waals surface area (Å²) in [6.45, 7) is 7.77. The van der Waals surface area contributed by atoms with Gasteiger partial charge in [-0.05, 0) is 62.6 Å². The average Bonchev–Trinajstić information content (AvgIpc) is 2.88. The lowest BCUT2D eigenvalue weighted by atomic mass is 10.0. The zero-order valence-corrected chi connectivity index (χ0v) is 16.6. The maximum Gasteiger partial charge on any atom is 0.253 e. The predicted octanol–water partition coefficient (Wildman–Crippen LogP) is 5.10. The fourth-order valence-electron chi connectivity index (χ4n) is 3.30. The van der Waals surface area contributed by atoms with Crippen molar-refractivity contribution < 1.29 is 9.53 Å². The molecule has 0 aliphatic carbocycles. The minimum absolute atomic E-state index is 0.118. The summed E-state index contributed by atoms with van der Waals surface area (Å²) in [6, 6.07) is 16.1. The zero-order chi connectivity index (χ0) is 18.5. The maximum absolute atomic E-state index is 12.9. The number of rotatable bonds is 4. The van der Waals surface area contributed by atoms with Crippen LogP contribution < -0.4 is 4.74 Å². The minimum Gasteiger partial charge on any atom is -0.491 e. The van der Waals surface area contributed by atoms with E-state index in [4.69, 9.17) is 4.74 Å². The van der Waals surface area contributed by atoms with E-state index in [0.29, 0.717) is 5.25 Å². The first-order valence-corrected chi connectivity index (χ1v) is 10.3. The van der Waals surface area contributed by atoms with E-state index >= 15 is 0 Å². The van der Waals surface area contributed by atoms with Crippen molar-refractivity contribution >= 4 is 17.7 Å². The van der Waals surface area contributed by atoms with Crippen molar-refractivity contribution in [3.05, 3.63) is 65.2 Å². The molecule has 1 unspecified atom stereocenters. The second kappa shape index (κ2) is 8.63. The quantitative estimate of drug-likeness (QED) is 0.751. The van der Waals surface area contributed by atoms with Crippen LogP contribution in [0.15, 0.2) is 48.5 Å². The largest absolute Gasteiger partial charge is 0.491 e. The molecule has 1 amide bonds. The molecule has 0 N–H and O–H groups in total. The van der Waals surface area contributed by atoms with Crippen LogP contribution in [0.1, 0.15) is 47.0 Å². The second-order valence-corrected chi connectivity index (χ2v) is 8.30. The summed E-state index contributed by atoms with van der Waals surface area (Å²) in [5.41, 5.74) is 3.48. The normalized spacial score (nSPS) is 17.8. The highest BCUT2D eigenvalue weighted by Crippen LogP contribution is 2.36. The van der Waals surface area contributed by atoms with E-state index in [-0.39, 0.29) is 12.0 Å². The van der Waals surface area contributed by atoms with E-state index < -0.39 is 0 Å². The van der Waals surface area contributed by atoms with E-state index in [1.54, 1.807) is 0 Å². The first-order chi connectivity index (χ1) is 12.5. The number of thioether (sulfide) groups is 1. The van der Waals surface area contributed by atoms with E-state index in [1.165, 1.54) is 11.1 Å². The van der Waals surface area contributed by atoms with Crippen LogP contribution in [-0.2, 0) is 0 Å². The summed E-state index contributed by atoms with van der Waals surface area (Å²) in [5.74, 6) is 1.90. The van der Waals surface area contributed by atoms with Crippen molar-refractivity contribution in [1.29, 1.82) is 0 Å². The number of ether oxygens (including phenoxy) is 1. The Labute approximate surface area is 160 Å². The molecule has 1 atom stereocenters. The van der Waals surface area contributed by atoms with Gasteiger partial charge in [-0.3, -0.25) is 4.79 Å². The second-order valence-electron chi connectivity index (χ2n) is 6.99. The van der Waals surface area contributed by atoms with Crippen molar-refractivity contribution in [3.63, 3.8) is 0 Å². The smallest absolute Gasteiger partial charge is 0.253 e. The third-order valence-electron chi connectivity index (χ3n) is 4.64. The molecule has 0 radical (unpaired) electrons. The molecular formula is C22H27NO2S. The van der Waals surface area contributed by atoms with Gasteiger partial charge in [-0.2, -0.15) is 11.8 Å². The molecule has 1 aliphatic rings. The van der Waals surface area contributed by atoms with Gasteiger partial charge in [-0.25, -0.2) is 0 Å². The maximum atomic E-state index is 12.9. The van der Waals surface area contributed by atoms with Gasteiger partial charge in [0.1, 0.15) is 5.75 Å². The highest BCUT2D eigenvalue weighted by Gasteiger charge is 2.23. The third-order valence-corrected chi connectivity index (χ3v) is 5.95. The molecule has 4 heteroatoms. The summed E-state index contributed by atoms with van der Waals surface area (Å²) < 4.78 is 5.66. The van der Waals surface area contributed by atoms with Gasteiger partial charge in [-0.1, -0.05) is 24.3 Å². The third kappa shape index (κ3) is 4.61. The number of hydrogen-bond acceptors (Lipinski definition) is 3. The Morgan fingerprint density at radius 1 is 1.12 bits per heavy atom. The van der Waals surface area contributed by atoms with Gasteiger partial charge in [0.05, 0.1) is 6.10 Å². The Bertz CT molecular complexity index is 742. The Kier molecular flexibility index (Phi) is 6.25. The number of nitrogens with zero attached hydrogens (tertiary/aromatic N) is 1. The summed E-state index contributed by atoms with van der Waals surface area (Å²) in [6.07, 6.45) is 1.13. The molecule has 1 saturated heterocycles. The van der Waals surface area contributed by atoms with Crippen molar-refractivity contribution in [2.75, 3.05) is 18.8 Å². The lowest BCUT2D eigenvalue weighted by Gasteiger charge is -2.21. The molecule has 0 saturated carbocycles. The number of carbonyl (C=O) groups is 1. The summed E-state index contributed by atoms with van der Waals surface area (Å²) >= 11 is 1.96. The topological polar surface area (TPSA) is 29.5 Å². The Balaban J connectivity index is 1.65. The van der Waals surface area contributed by atoms with Gasteiger partial charge in [0.2, 0.25) is 0 Å². The Morgan fingerprint density at radius 3 is 2.54 bits per heavy atom. The first-order valence-electron chi connectivity index (χ1n) is 9.27. The number of carbonyl (C=O) groups excluding carboxylic acids is 1. The summed E-state index contributed by atoms with van der Waals surface area (Å²) in [4.78, 5) is 14.9. The number of amides is 1. The molecular weight excluding hydrogens is 342 g/mol. The van der Waals surface area contributed by atoms with Gasteiger partial charge in [0.25, 0.3) is 5.91 Å².